The molecular formula is C67H55BN4. The van der Waals surface area contributed by atoms with Gasteiger partial charge in [0.15, 0.2) is 11.6 Å². The maximum atomic E-state index is 5.60. The average Bonchev–Trinajstić information content (AvgIpc) is 3.41. The van der Waals surface area contributed by atoms with Gasteiger partial charge < -0.3 is 0 Å². The number of aromatic nitrogens is 3. The first-order valence-electron chi connectivity index (χ1n) is 24.9. The van der Waals surface area contributed by atoms with Crippen LogP contribution < -0.4 is 21.3 Å². The second-order valence-electron chi connectivity index (χ2n) is 19.2. The van der Waals surface area contributed by atoms with Crippen LogP contribution in [-0.2, 0) is 0 Å². The van der Waals surface area contributed by atoms with Crippen molar-refractivity contribution in [2.45, 2.75) is 41.5 Å². The summed E-state index contributed by atoms with van der Waals surface area (Å²) < 4.78 is 0. The van der Waals surface area contributed by atoms with E-state index in [1.54, 1.807) is 0 Å². The number of aryl methyl sites for hydroxylation is 6. The lowest BCUT2D eigenvalue weighted by atomic mass is 9.34. The van der Waals surface area contributed by atoms with E-state index in [1.165, 1.54) is 49.8 Å². The number of fused-ring (bicyclic) bond motifs is 1. The number of nitrogens with zero attached hydrogens (tertiary/aromatic N) is 4. The predicted octanol–water partition coefficient (Wildman–Crippen LogP) is 15.2. The molecule has 72 heavy (non-hydrogen) atoms. The topological polar surface area (TPSA) is 41.9 Å². The van der Waals surface area contributed by atoms with Crippen molar-refractivity contribution >= 4 is 51.2 Å². The Morgan fingerprint density at radius 2 is 0.806 bits per heavy atom. The molecule has 0 aliphatic rings. The monoisotopic (exact) mass is 926 g/mol. The van der Waals surface area contributed by atoms with Crippen LogP contribution in [0.5, 0.6) is 0 Å². The molecule has 0 aliphatic heterocycles. The summed E-state index contributed by atoms with van der Waals surface area (Å²) >= 11 is 0. The Morgan fingerprint density at radius 1 is 0.347 bits per heavy atom. The molecule has 0 radical (unpaired) electrons. The first kappa shape index (κ1) is 45.8. The van der Waals surface area contributed by atoms with E-state index >= 15 is 0 Å². The summed E-state index contributed by atoms with van der Waals surface area (Å²) in [7, 11) is 0. The van der Waals surface area contributed by atoms with Crippen LogP contribution >= 0.6 is 0 Å². The molecule has 1 heterocycles. The zero-order valence-electron chi connectivity index (χ0n) is 41.7. The van der Waals surface area contributed by atoms with E-state index in [0.29, 0.717) is 17.6 Å². The molecule has 0 unspecified atom stereocenters. The fourth-order valence-corrected chi connectivity index (χ4v) is 11.0. The third-order valence-corrected chi connectivity index (χ3v) is 14.0. The normalized spacial score (nSPS) is 11.2. The molecule has 0 bridgehead atoms. The van der Waals surface area contributed by atoms with Crippen molar-refractivity contribution in [1.29, 1.82) is 0 Å². The van der Waals surface area contributed by atoms with Crippen molar-refractivity contribution in [1.82, 2.24) is 15.0 Å². The van der Waals surface area contributed by atoms with E-state index in [4.69, 9.17) is 15.0 Å². The van der Waals surface area contributed by atoms with Crippen molar-refractivity contribution < 1.29 is 0 Å². The van der Waals surface area contributed by atoms with Gasteiger partial charge in [-0.05, 0) is 99.0 Å². The molecule has 0 amide bonds. The number of benzene rings is 10. The Bertz CT molecular complexity index is 3650. The van der Waals surface area contributed by atoms with Gasteiger partial charge in [0.05, 0.1) is 5.69 Å². The molecule has 346 valence electrons. The summed E-state index contributed by atoms with van der Waals surface area (Å²) in [6, 6.07) is 80.2. The van der Waals surface area contributed by atoms with Crippen LogP contribution in [0.3, 0.4) is 0 Å². The van der Waals surface area contributed by atoms with Crippen LogP contribution in [-0.4, -0.2) is 21.7 Å². The van der Waals surface area contributed by atoms with Gasteiger partial charge in [-0.3, -0.25) is 4.90 Å². The highest BCUT2D eigenvalue weighted by Crippen LogP contribution is 2.42. The van der Waals surface area contributed by atoms with E-state index in [0.717, 1.165) is 66.7 Å². The van der Waals surface area contributed by atoms with Crippen molar-refractivity contribution in [3.8, 4) is 56.2 Å². The zero-order valence-corrected chi connectivity index (χ0v) is 41.7. The molecule has 0 N–H and O–H groups in total. The van der Waals surface area contributed by atoms with Gasteiger partial charge in [0.1, 0.15) is 0 Å². The lowest BCUT2D eigenvalue weighted by Crippen LogP contribution is -2.55. The average molecular weight is 927 g/mol. The van der Waals surface area contributed by atoms with Crippen LogP contribution in [0.2, 0.25) is 0 Å². The zero-order chi connectivity index (χ0) is 49.3. The minimum atomic E-state index is 0.0164. The second kappa shape index (κ2) is 19.6. The van der Waals surface area contributed by atoms with Crippen LogP contribution in [0.1, 0.15) is 33.4 Å². The van der Waals surface area contributed by atoms with Crippen LogP contribution in [0.25, 0.3) is 66.9 Å². The minimum absolute atomic E-state index is 0.0164. The molecule has 4 nitrogen and oxygen atoms in total. The minimum Gasteiger partial charge on any atom is -0.278 e. The number of anilines is 3. The van der Waals surface area contributed by atoms with Gasteiger partial charge in [-0.25, -0.2) is 4.98 Å². The largest absolute Gasteiger partial charge is 0.278 e. The first-order chi connectivity index (χ1) is 35.2. The maximum Gasteiger partial charge on any atom is 0.242 e. The molecule has 5 heteroatoms. The standard InChI is InChI=1S/C67H55BN4/c1-44-39-46(3)63(47(4)40-44)68(64-48(5)41-45(2)42-49(64)6)56-35-37-57(38-36-56)72(61-34-17-16-31-58(61)51-23-12-8-13-24-51)67-70-65(55-30-18-29-54(43-55)50-21-10-7-11-22-50)69-66(71-67)60-33-20-28-53-27-19-32-59(62(53)60)52-25-14-9-15-26-52/h7-43H,1-6H3. The van der Waals surface area contributed by atoms with Gasteiger partial charge in [0, 0.05) is 27.8 Å². The van der Waals surface area contributed by atoms with Crippen molar-refractivity contribution in [2.24, 2.45) is 0 Å². The smallest absolute Gasteiger partial charge is 0.242 e. The SMILES string of the molecule is Cc1cc(C)c(B(c2ccc(N(c3nc(-c4cccc(-c5ccccc5)c4)nc(-c4cccc5cccc(-c6ccccc6)c45)n3)c3ccccc3-c3ccccc3)cc2)c2c(C)cc(C)cc2C)c(C)c1. The van der Waals surface area contributed by atoms with Crippen LogP contribution in [0, 0.1) is 41.5 Å². The predicted molar refractivity (Wildman–Crippen MR) is 305 cm³/mol. The highest BCUT2D eigenvalue weighted by molar-refractivity contribution is 6.96. The Morgan fingerprint density at radius 3 is 1.40 bits per heavy atom. The summed E-state index contributed by atoms with van der Waals surface area (Å²) in [6.07, 6.45) is 0. The lowest BCUT2D eigenvalue weighted by Gasteiger charge is -2.28. The maximum absolute atomic E-state index is 5.60. The van der Waals surface area contributed by atoms with E-state index in [2.05, 4.69) is 271 Å². The van der Waals surface area contributed by atoms with Gasteiger partial charge in [-0.15, -0.1) is 0 Å². The molecule has 11 aromatic rings. The molecular weight excluding hydrogens is 872 g/mol. The van der Waals surface area contributed by atoms with E-state index in [9.17, 15) is 0 Å². The Kier molecular flexibility index (Phi) is 12.5. The highest BCUT2D eigenvalue weighted by atomic mass is 15.3. The van der Waals surface area contributed by atoms with Gasteiger partial charge in [0.25, 0.3) is 0 Å². The third-order valence-electron chi connectivity index (χ3n) is 14.0. The summed E-state index contributed by atoms with van der Waals surface area (Å²) in [5.74, 6) is 1.68. The molecule has 0 aliphatic carbocycles. The molecule has 0 fully saturated rings. The van der Waals surface area contributed by atoms with Gasteiger partial charge in [-0.2, -0.15) is 9.97 Å². The Balaban J connectivity index is 1.17. The molecule has 0 spiro atoms. The number of para-hydroxylation sites is 1. The molecule has 0 atom stereocenters. The van der Waals surface area contributed by atoms with Crippen molar-refractivity contribution in [2.75, 3.05) is 4.90 Å². The quantitative estimate of drug-likeness (QED) is 0.121. The van der Waals surface area contributed by atoms with Crippen LogP contribution in [0.15, 0.2) is 224 Å². The van der Waals surface area contributed by atoms with E-state index in [1.807, 2.05) is 0 Å². The van der Waals surface area contributed by atoms with Gasteiger partial charge in [-0.1, -0.05) is 250 Å². The summed E-state index contributed by atoms with van der Waals surface area (Å²) in [6.45, 7) is 13.5. The van der Waals surface area contributed by atoms with E-state index in [-0.39, 0.29) is 6.71 Å². The molecule has 10 aromatic carbocycles. The highest BCUT2D eigenvalue weighted by Gasteiger charge is 2.30. The van der Waals surface area contributed by atoms with E-state index < -0.39 is 0 Å². The second-order valence-corrected chi connectivity index (χ2v) is 19.2. The van der Waals surface area contributed by atoms with Gasteiger partial charge >= 0.3 is 0 Å². The molecule has 0 saturated carbocycles. The molecule has 1 aromatic heterocycles. The first-order valence-corrected chi connectivity index (χ1v) is 24.9. The summed E-state index contributed by atoms with van der Waals surface area (Å²) in [5, 5.41) is 2.19. The van der Waals surface area contributed by atoms with Crippen molar-refractivity contribution in [3.05, 3.63) is 258 Å². The number of hydrogen-bond donors (Lipinski definition) is 0. The Labute approximate surface area is 424 Å². The Hall–Kier alpha value is -8.67. The lowest BCUT2D eigenvalue weighted by molar-refractivity contribution is 1.02. The third kappa shape index (κ3) is 8.91. The summed E-state index contributed by atoms with van der Waals surface area (Å²) in [4.78, 5) is 18.8. The van der Waals surface area contributed by atoms with Gasteiger partial charge in [0.2, 0.25) is 12.7 Å². The summed E-state index contributed by atoms with van der Waals surface area (Å²) in [5.41, 5.74) is 22.0. The number of hydrogen-bond acceptors (Lipinski definition) is 4. The van der Waals surface area contributed by atoms with Crippen LogP contribution in [0.4, 0.5) is 17.3 Å². The number of rotatable bonds is 11. The molecule has 11 rings (SSSR count). The van der Waals surface area contributed by atoms with Crippen molar-refractivity contribution in [3.63, 3.8) is 0 Å². The molecule has 0 saturated heterocycles. The fourth-order valence-electron chi connectivity index (χ4n) is 11.0. The fraction of sp³-hybridized carbons (Fsp3) is 0.0896.